The summed E-state index contributed by atoms with van der Waals surface area (Å²) in [7, 11) is -2.07. The Bertz CT molecular complexity index is 488. The van der Waals surface area contributed by atoms with Crippen molar-refractivity contribution < 1.29 is 17.9 Å². The third-order valence-electron chi connectivity index (χ3n) is 2.57. The fourth-order valence-electron chi connectivity index (χ4n) is 1.55. The molecule has 0 unspecified atom stereocenters. The van der Waals surface area contributed by atoms with Gasteiger partial charge in [-0.1, -0.05) is 25.5 Å². The summed E-state index contributed by atoms with van der Waals surface area (Å²) >= 11 is 0. The maximum absolute atomic E-state index is 11.7. The maximum Gasteiger partial charge on any atom is 0.202 e. The van der Waals surface area contributed by atoms with Crippen LogP contribution in [0.15, 0.2) is 29.2 Å². The topological polar surface area (TPSA) is 60.4 Å². The van der Waals surface area contributed by atoms with E-state index in [2.05, 4.69) is 4.74 Å². The van der Waals surface area contributed by atoms with Gasteiger partial charge in [0.2, 0.25) is 9.84 Å². The molecule has 0 amide bonds. The average molecular weight is 270 g/mol. The molecule has 0 N–H and O–H groups in total. The van der Waals surface area contributed by atoms with Gasteiger partial charge in [-0.05, 0) is 18.6 Å². The predicted molar refractivity (Wildman–Crippen MR) is 69.4 cm³/mol. The first kappa shape index (κ1) is 14.9. The second-order valence-corrected chi connectivity index (χ2v) is 6.01. The van der Waals surface area contributed by atoms with Crippen LogP contribution in [0.2, 0.25) is 0 Å². The molecule has 1 aromatic rings. The molecular formula is C13H18O4S. The lowest BCUT2D eigenvalue weighted by atomic mass is 10.1. The standard InChI is InChI=1S/C13H18O4S/c1-3-4-5-13(14)11-6-8-12(9-7-11)18(15,16)10-17-2/h6-9H,3-5,10H2,1-2H3. The quantitative estimate of drug-likeness (QED) is 0.714. The van der Waals surface area contributed by atoms with Crippen LogP contribution >= 0.6 is 0 Å². The lowest BCUT2D eigenvalue weighted by molar-refractivity contribution is 0.0979. The first-order valence-electron chi connectivity index (χ1n) is 5.86. The van der Waals surface area contributed by atoms with Crippen LogP contribution in [0.3, 0.4) is 0 Å². The van der Waals surface area contributed by atoms with Gasteiger partial charge in [0.25, 0.3) is 0 Å². The first-order chi connectivity index (χ1) is 8.51. The van der Waals surface area contributed by atoms with E-state index in [-0.39, 0.29) is 16.6 Å². The molecular weight excluding hydrogens is 252 g/mol. The van der Waals surface area contributed by atoms with Crippen LogP contribution in [0.25, 0.3) is 0 Å². The number of hydrogen-bond donors (Lipinski definition) is 0. The minimum Gasteiger partial charge on any atom is -0.368 e. The number of ketones is 1. The average Bonchev–Trinajstić information content (AvgIpc) is 2.36. The van der Waals surface area contributed by atoms with Gasteiger partial charge in [0.1, 0.15) is 0 Å². The van der Waals surface area contributed by atoms with Gasteiger partial charge >= 0.3 is 0 Å². The molecule has 0 saturated heterocycles. The summed E-state index contributed by atoms with van der Waals surface area (Å²) in [5, 5.41) is 0. The van der Waals surface area contributed by atoms with Crippen molar-refractivity contribution in [3.63, 3.8) is 0 Å². The van der Waals surface area contributed by atoms with Crippen molar-refractivity contribution in [3.8, 4) is 0 Å². The van der Waals surface area contributed by atoms with E-state index in [0.29, 0.717) is 12.0 Å². The number of unbranched alkanes of at least 4 members (excludes halogenated alkanes) is 1. The Hall–Kier alpha value is -1.20. The second-order valence-electron chi connectivity index (χ2n) is 4.07. The monoisotopic (exact) mass is 270 g/mol. The van der Waals surface area contributed by atoms with Crippen LogP contribution in [0, 0.1) is 0 Å². The van der Waals surface area contributed by atoms with Gasteiger partial charge in [-0.15, -0.1) is 0 Å². The molecule has 0 aromatic heterocycles. The molecule has 0 aliphatic heterocycles. The van der Waals surface area contributed by atoms with Gasteiger partial charge in [-0.3, -0.25) is 4.79 Å². The van der Waals surface area contributed by atoms with Gasteiger partial charge in [0, 0.05) is 19.1 Å². The minimum atomic E-state index is -3.40. The van der Waals surface area contributed by atoms with Crippen LogP contribution in [-0.2, 0) is 14.6 Å². The van der Waals surface area contributed by atoms with E-state index in [1.165, 1.54) is 19.2 Å². The molecule has 0 aliphatic rings. The number of ether oxygens (including phenoxy) is 1. The highest BCUT2D eigenvalue weighted by atomic mass is 32.2. The number of rotatable bonds is 7. The van der Waals surface area contributed by atoms with E-state index in [0.717, 1.165) is 12.8 Å². The number of sulfone groups is 1. The van der Waals surface area contributed by atoms with Crippen LogP contribution in [0.4, 0.5) is 0 Å². The van der Waals surface area contributed by atoms with E-state index in [4.69, 9.17) is 0 Å². The lowest BCUT2D eigenvalue weighted by Crippen LogP contribution is -2.08. The van der Waals surface area contributed by atoms with Crippen LogP contribution in [-0.4, -0.2) is 27.2 Å². The summed E-state index contributed by atoms with van der Waals surface area (Å²) in [5.41, 5.74) is 0.555. The molecule has 1 rings (SSSR count). The molecule has 0 fully saturated rings. The summed E-state index contributed by atoms with van der Waals surface area (Å²) in [6.45, 7) is 2.02. The fourth-order valence-corrected chi connectivity index (χ4v) is 2.55. The van der Waals surface area contributed by atoms with E-state index in [9.17, 15) is 13.2 Å². The van der Waals surface area contributed by atoms with Gasteiger partial charge in [-0.25, -0.2) is 8.42 Å². The van der Waals surface area contributed by atoms with Crippen molar-refractivity contribution in [1.29, 1.82) is 0 Å². The highest BCUT2D eigenvalue weighted by Crippen LogP contribution is 2.14. The molecule has 0 saturated carbocycles. The second kappa shape index (κ2) is 6.66. The summed E-state index contributed by atoms with van der Waals surface area (Å²) in [4.78, 5) is 11.9. The molecule has 0 bridgehead atoms. The highest BCUT2D eigenvalue weighted by Gasteiger charge is 2.14. The molecule has 0 aliphatic carbocycles. The first-order valence-corrected chi connectivity index (χ1v) is 7.51. The Morgan fingerprint density at radius 3 is 2.33 bits per heavy atom. The zero-order chi connectivity index (χ0) is 13.6. The molecule has 0 atom stereocenters. The van der Waals surface area contributed by atoms with Gasteiger partial charge in [-0.2, -0.15) is 0 Å². The lowest BCUT2D eigenvalue weighted by Gasteiger charge is -2.04. The van der Waals surface area contributed by atoms with E-state index in [1.54, 1.807) is 12.1 Å². The molecule has 4 nitrogen and oxygen atoms in total. The number of hydrogen-bond acceptors (Lipinski definition) is 4. The predicted octanol–water partition coefficient (Wildman–Crippen LogP) is 2.44. The summed E-state index contributed by atoms with van der Waals surface area (Å²) < 4.78 is 28.0. The Morgan fingerprint density at radius 1 is 1.22 bits per heavy atom. The maximum atomic E-state index is 11.7. The molecule has 18 heavy (non-hydrogen) atoms. The van der Waals surface area contributed by atoms with Gasteiger partial charge in [0.15, 0.2) is 11.7 Å². The molecule has 100 valence electrons. The zero-order valence-electron chi connectivity index (χ0n) is 10.7. The van der Waals surface area contributed by atoms with Crippen molar-refractivity contribution in [2.45, 2.75) is 31.1 Å². The van der Waals surface area contributed by atoms with Crippen LogP contribution in [0.1, 0.15) is 36.5 Å². The van der Waals surface area contributed by atoms with Crippen molar-refractivity contribution in [1.82, 2.24) is 0 Å². The smallest absolute Gasteiger partial charge is 0.202 e. The van der Waals surface area contributed by atoms with E-state index < -0.39 is 9.84 Å². The van der Waals surface area contributed by atoms with Gasteiger partial charge in [0.05, 0.1) is 4.90 Å². The zero-order valence-corrected chi connectivity index (χ0v) is 11.5. The summed E-state index contributed by atoms with van der Waals surface area (Å²) in [6.07, 6.45) is 2.31. The molecule has 0 spiro atoms. The number of benzene rings is 1. The van der Waals surface area contributed by atoms with E-state index in [1.807, 2.05) is 6.92 Å². The highest BCUT2D eigenvalue weighted by molar-refractivity contribution is 7.91. The number of methoxy groups -OCH3 is 1. The number of carbonyl (C=O) groups excluding carboxylic acids is 1. The third-order valence-corrected chi connectivity index (χ3v) is 4.10. The van der Waals surface area contributed by atoms with E-state index >= 15 is 0 Å². The minimum absolute atomic E-state index is 0.0486. The van der Waals surface area contributed by atoms with Crippen LogP contribution < -0.4 is 0 Å². The van der Waals surface area contributed by atoms with Gasteiger partial charge < -0.3 is 4.74 Å². The molecule has 1 aromatic carbocycles. The number of carbonyl (C=O) groups is 1. The largest absolute Gasteiger partial charge is 0.368 e. The van der Waals surface area contributed by atoms with Crippen LogP contribution in [0.5, 0.6) is 0 Å². The van der Waals surface area contributed by atoms with Crippen molar-refractivity contribution >= 4 is 15.6 Å². The molecule has 0 heterocycles. The summed E-state index contributed by atoms with van der Waals surface area (Å²) in [6, 6.07) is 6.02. The molecule has 0 radical (unpaired) electrons. The normalized spacial score (nSPS) is 11.4. The molecule has 5 heteroatoms. The Labute approximate surface area is 108 Å². The number of Topliss-reactive ketones (excluding diaryl/α,β-unsaturated/α-hetero) is 1. The Kier molecular flexibility index (Phi) is 5.50. The summed E-state index contributed by atoms with van der Waals surface area (Å²) in [5.74, 6) is -0.302. The fraction of sp³-hybridized carbons (Fsp3) is 0.462. The third kappa shape index (κ3) is 3.92. The Balaban J connectivity index is 2.83. The van der Waals surface area contributed by atoms with Crippen molar-refractivity contribution in [2.24, 2.45) is 0 Å². The SMILES string of the molecule is CCCCC(=O)c1ccc(S(=O)(=O)COC)cc1. The Morgan fingerprint density at radius 2 is 1.83 bits per heavy atom. The van der Waals surface area contributed by atoms with Crippen molar-refractivity contribution in [3.05, 3.63) is 29.8 Å². The van der Waals surface area contributed by atoms with Crippen molar-refractivity contribution in [2.75, 3.05) is 13.0 Å².